The van der Waals surface area contributed by atoms with Crippen LogP contribution in [-0.2, 0) is 4.74 Å². The van der Waals surface area contributed by atoms with E-state index in [9.17, 15) is 5.26 Å². The van der Waals surface area contributed by atoms with Crippen molar-refractivity contribution in [3.63, 3.8) is 0 Å². The second-order valence-electron chi connectivity index (χ2n) is 5.38. The van der Waals surface area contributed by atoms with Crippen LogP contribution in [0.1, 0.15) is 32.6 Å². The average molecular weight is 237 g/mol. The van der Waals surface area contributed by atoms with E-state index >= 15 is 0 Å². The Bertz CT molecular complexity index is 296. The lowest BCUT2D eigenvalue weighted by Crippen LogP contribution is -2.54. The molecule has 96 valence electrons. The van der Waals surface area contributed by atoms with Gasteiger partial charge in [0.05, 0.1) is 12.2 Å². The van der Waals surface area contributed by atoms with Crippen molar-refractivity contribution in [1.29, 1.82) is 5.26 Å². The summed E-state index contributed by atoms with van der Waals surface area (Å²) in [6.07, 6.45) is 4.85. The number of piperidine rings is 1. The zero-order valence-electron chi connectivity index (χ0n) is 10.7. The number of nitriles is 1. The first-order valence-electron chi connectivity index (χ1n) is 6.72. The minimum Gasteiger partial charge on any atom is -0.377 e. The van der Waals surface area contributed by atoms with Crippen LogP contribution in [0.5, 0.6) is 0 Å². The summed E-state index contributed by atoms with van der Waals surface area (Å²) < 4.78 is 5.67. The molecular formula is C13H23N3O. The monoisotopic (exact) mass is 237 g/mol. The predicted molar refractivity (Wildman–Crippen MR) is 66.3 cm³/mol. The van der Waals surface area contributed by atoms with Crippen LogP contribution in [0.3, 0.4) is 0 Å². The number of likely N-dealkylation sites (tertiary alicyclic amines) is 1. The molecule has 1 saturated carbocycles. The molecular weight excluding hydrogens is 214 g/mol. The van der Waals surface area contributed by atoms with E-state index in [1.165, 1.54) is 0 Å². The molecule has 1 saturated heterocycles. The first kappa shape index (κ1) is 12.8. The highest BCUT2D eigenvalue weighted by Crippen LogP contribution is 2.38. The fraction of sp³-hybridized carbons (Fsp3) is 0.923. The first-order chi connectivity index (χ1) is 8.18. The largest absolute Gasteiger partial charge is 0.377 e. The Morgan fingerprint density at radius 3 is 2.82 bits per heavy atom. The standard InChI is InChI=1S/C13H23N3O/c1-2-17-12-4-3-7-16(8-12)10-13(15,9-14)11-5-6-11/h11-12H,2-8,10,15H2,1H3. The quantitative estimate of drug-likeness (QED) is 0.778. The molecule has 2 aliphatic rings. The molecule has 0 bridgehead atoms. The van der Waals surface area contributed by atoms with E-state index in [1.807, 2.05) is 6.92 Å². The Morgan fingerprint density at radius 1 is 1.47 bits per heavy atom. The summed E-state index contributed by atoms with van der Waals surface area (Å²) in [5, 5.41) is 9.26. The van der Waals surface area contributed by atoms with Gasteiger partial charge in [0.1, 0.15) is 5.54 Å². The third-order valence-corrected chi connectivity index (χ3v) is 3.86. The minimum absolute atomic E-state index is 0.330. The highest BCUT2D eigenvalue weighted by Gasteiger charge is 2.44. The lowest BCUT2D eigenvalue weighted by Gasteiger charge is -2.36. The first-order valence-corrected chi connectivity index (χ1v) is 6.72. The second kappa shape index (κ2) is 5.34. The average Bonchev–Trinajstić information content (AvgIpc) is 3.14. The van der Waals surface area contributed by atoms with Gasteiger partial charge in [-0.15, -0.1) is 0 Å². The van der Waals surface area contributed by atoms with Crippen molar-refractivity contribution >= 4 is 0 Å². The molecule has 17 heavy (non-hydrogen) atoms. The van der Waals surface area contributed by atoms with Crippen LogP contribution in [0, 0.1) is 17.2 Å². The Morgan fingerprint density at radius 2 is 2.24 bits per heavy atom. The van der Waals surface area contributed by atoms with E-state index in [0.29, 0.717) is 18.6 Å². The molecule has 0 aromatic carbocycles. The molecule has 2 unspecified atom stereocenters. The van der Waals surface area contributed by atoms with Crippen LogP contribution in [0.2, 0.25) is 0 Å². The van der Waals surface area contributed by atoms with Crippen molar-refractivity contribution in [3.05, 3.63) is 0 Å². The Labute approximate surface area is 104 Å². The summed E-state index contributed by atoms with van der Waals surface area (Å²) >= 11 is 0. The van der Waals surface area contributed by atoms with Gasteiger partial charge in [0.15, 0.2) is 0 Å². The van der Waals surface area contributed by atoms with E-state index in [1.54, 1.807) is 0 Å². The third-order valence-electron chi connectivity index (χ3n) is 3.86. The van der Waals surface area contributed by atoms with E-state index in [4.69, 9.17) is 10.5 Å². The second-order valence-corrected chi connectivity index (χ2v) is 5.38. The minimum atomic E-state index is -0.631. The zero-order chi connectivity index (χ0) is 12.3. The van der Waals surface area contributed by atoms with Gasteiger partial charge in [-0.3, -0.25) is 4.90 Å². The van der Waals surface area contributed by atoms with Crippen LogP contribution in [-0.4, -0.2) is 42.8 Å². The number of nitrogens with two attached hydrogens (primary N) is 1. The van der Waals surface area contributed by atoms with Gasteiger partial charge in [0, 0.05) is 19.7 Å². The normalized spacial score (nSPS) is 29.6. The molecule has 4 nitrogen and oxygen atoms in total. The number of nitrogens with zero attached hydrogens (tertiary/aromatic N) is 2. The van der Waals surface area contributed by atoms with Gasteiger partial charge in [0.2, 0.25) is 0 Å². The van der Waals surface area contributed by atoms with E-state index in [0.717, 1.165) is 45.4 Å². The topological polar surface area (TPSA) is 62.3 Å². The number of hydrogen-bond donors (Lipinski definition) is 1. The van der Waals surface area contributed by atoms with Crippen LogP contribution in [0.4, 0.5) is 0 Å². The van der Waals surface area contributed by atoms with E-state index < -0.39 is 5.54 Å². The van der Waals surface area contributed by atoms with E-state index in [-0.39, 0.29) is 0 Å². The summed E-state index contributed by atoms with van der Waals surface area (Å²) in [5.74, 6) is 0.417. The molecule has 0 radical (unpaired) electrons. The van der Waals surface area contributed by atoms with Gasteiger partial charge < -0.3 is 10.5 Å². The number of ether oxygens (including phenoxy) is 1. The molecule has 1 heterocycles. The van der Waals surface area contributed by atoms with Gasteiger partial charge in [-0.05, 0) is 45.1 Å². The van der Waals surface area contributed by atoms with Crippen molar-refractivity contribution in [3.8, 4) is 6.07 Å². The van der Waals surface area contributed by atoms with Crippen molar-refractivity contribution in [2.45, 2.75) is 44.2 Å². The summed E-state index contributed by atoms with van der Waals surface area (Å²) in [4.78, 5) is 2.31. The molecule has 4 heteroatoms. The van der Waals surface area contributed by atoms with Gasteiger partial charge in [-0.25, -0.2) is 0 Å². The lowest BCUT2D eigenvalue weighted by molar-refractivity contribution is 0.00153. The van der Waals surface area contributed by atoms with Crippen LogP contribution in [0.25, 0.3) is 0 Å². The highest BCUT2D eigenvalue weighted by atomic mass is 16.5. The van der Waals surface area contributed by atoms with Gasteiger partial charge in [0.25, 0.3) is 0 Å². The molecule has 1 aliphatic carbocycles. The molecule has 1 aliphatic heterocycles. The predicted octanol–water partition coefficient (Wildman–Crippen LogP) is 1.12. The number of rotatable bonds is 5. The van der Waals surface area contributed by atoms with Gasteiger partial charge in [-0.1, -0.05) is 0 Å². The van der Waals surface area contributed by atoms with Gasteiger partial charge >= 0.3 is 0 Å². The molecule has 0 aromatic rings. The fourth-order valence-corrected chi connectivity index (χ4v) is 2.75. The summed E-state index contributed by atoms with van der Waals surface area (Å²) in [6.45, 7) is 5.49. The zero-order valence-corrected chi connectivity index (χ0v) is 10.7. The van der Waals surface area contributed by atoms with Gasteiger partial charge in [-0.2, -0.15) is 5.26 Å². The van der Waals surface area contributed by atoms with Crippen LogP contribution >= 0.6 is 0 Å². The summed E-state index contributed by atoms with van der Waals surface area (Å²) in [6, 6.07) is 2.33. The third kappa shape index (κ3) is 3.19. The summed E-state index contributed by atoms with van der Waals surface area (Å²) in [5.41, 5.74) is 5.58. The molecule has 0 aromatic heterocycles. The highest BCUT2D eigenvalue weighted by molar-refractivity contribution is 5.14. The fourth-order valence-electron chi connectivity index (χ4n) is 2.75. The molecule has 2 rings (SSSR count). The van der Waals surface area contributed by atoms with E-state index in [2.05, 4.69) is 11.0 Å². The molecule has 0 amide bonds. The Hall–Kier alpha value is -0.630. The Kier molecular flexibility index (Phi) is 4.03. The van der Waals surface area contributed by atoms with Crippen molar-refractivity contribution in [2.75, 3.05) is 26.2 Å². The molecule has 0 spiro atoms. The molecule has 2 N–H and O–H groups in total. The van der Waals surface area contributed by atoms with Crippen LogP contribution < -0.4 is 5.73 Å². The molecule has 2 fully saturated rings. The van der Waals surface area contributed by atoms with Crippen molar-refractivity contribution in [2.24, 2.45) is 11.7 Å². The Balaban J connectivity index is 1.87. The molecule has 2 atom stereocenters. The van der Waals surface area contributed by atoms with Crippen LogP contribution in [0.15, 0.2) is 0 Å². The summed E-state index contributed by atoms with van der Waals surface area (Å²) in [7, 11) is 0. The maximum atomic E-state index is 9.26. The SMILES string of the molecule is CCOC1CCCN(CC(N)(C#N)C2CC2)C1. The smallest absolute Gasteiger partial charge is 0.119 e. The maximum absolute atomic E-state index is 9.26. The lowest BCUT2D eigenvalue weighted by atomic mass is 9.94. The number of hydrogen-bond acceptors (Lipinski definition) is 4. The maximum Gasteiger partial charge on any atom is 0.119 e. The van der Waals surface area contributed by atoms with Crippen molar-refractivity contribution < 1.29 is 4.74 Å². The van der Waals surface area contributed by atoms with Crippen molar-refractivity contribution in [1.82, 2.24) is 4.90 Å².